The summed E-state index contributed by atoms with van der Waals surface area (Å²) in [7, 11) is 1.39. The highest BCUT2D eigenvalue weighted by Crippen LogP contribution is 2.40. The minimum Gasteiger partial charge on any atom is -0.463 e. The molecule has 1 aliphatic rings. The fourth-order valence-electron chi connectivity index (χ4n) is 3.22. The van der Waals surface area contributed by atoms with Crippen LogP contribution in [-0.2, 0) is 23.8 Å². The molecule has 1 aliphatic heterocycles. The van der Waals surface area contributed by atoms with E-state index < -0.39 is 28.9 Å². The minimum absolute atomic E-state index is 0.0431. The maximum absolute atomic E-state index is 12.9. The van der Waals surface area contributed by atoms with E-state index in [1.54, 1.807) is 26.8 Å². The summed E-state index contributed by atoms with van der Waals surface area (Å²) >= 11 is 0. The van der Waals surface area contributed by atoms with Crippen LogP contribution in [0.2, 0.25) is 0 Å². The van der Waals surface area contributed by atoms with Gasteiger partial charge < -0.3 is 24.4 Å². The lowest BCUT2D eigenvalue weighted by molar-refractivity contribution is -0.384. The van der Waals surface area contributed by atoms with E-state index in [9.17, 15) is 24.5 Å². The van der Waals surface area contributed by atoms with Crippen molar-refractivity contribution in [3.05, 3.63) is 63.0 Å². The number of benzene rings is 1. The van der Waals surface area contributed by atoms with E-state index in [1.165, 1.54) is 36.3 Å². The molecule has 2 rings (SSSR count). The van der Waals surface area contributed by atoms with Gasteiger partial charge in [-0.15, -0.1) is 0 Å². The molecule has 0 bridgehead atoms. The van der Waals surface area contributed by atoms with Gasteiger partial charge in [-0.05, 0) is 26.3 Å². The molecule has 32 heavy (non-hydrogen) atoms. The second-order valence-electron chi connectivity index (χ2n) is 6.59. The molecule has 0 aliphatic carbocycles. The number of nitrogens with zero attached hydrogens (tertiary/aromatic N) is 2. The first-order valence-electron chi connectivity index (χ1n) is 9.87. The number of nitro benzene ring substituents is 1. The summed E-state index contributed by atoms with van der Waals surface area (Å²) in [5.41, 5.74) is 0.626. The van der Waals surface area contributed by atoms with Gasteiger partial charge in [0.05, 0.1) is 35.2 Å². The van der Waals surface area contributed by atoms with Gasteiger partial charge in [0.2, 0.25) is 0 Å². The van der Waals surface area contributed by atoms with Gasteiger partial charge in [0.25, 0.3) is 5.69 Å². The molecule has 1 atom stereocenters. The van der Waals surface area contributed by atoms with Crippen molar-refractivity contribution in [2.45, 2.75) is 26.7 Å². The van der Waals surface area contributed by atoms with Crippen LogP contribution in [0.3, 0.4) is 0 Å². The maximum atomic E-state index is 12.9. The molecule has 0 saturated carbocycles. The first kappa shape index (κ1) is 24.4. The lowest BCUT2D eigenvalue weighted by atomic mass is 9.81. The van der Waals surface area contributed by atoms with Crippen LogP contribution >= 0.6 is 0 Å². The molecule has 1 amide bonds. The van der Waals surface area contributed by atoms with E-state index in [1.807, 2.05) is 0 Å². The van der Waals surface area contributed by atoms with Crippen molar-refractivity contribution < 1.29 is 33.5 Å². The van der Waals surface area contributed by atoms with Crippen molar-refractivity contribution >= 4 is 23.7 Å². The number of rotatable bonds is 8. The van der Waals surface area contributed by atoms with Crippen molar-refractivity contribution in [2.75, 3.05) is 27.0 Å². The Morgan fingerprint density at radius 3 is 2.38 bits per heavy atom. The molecule has 0 saturated heterocycles. The number of nitro groups is 1. The number of non-ortho nitro benzene ring substituents is 1. The number of hydrogen-bond donors (Lipinski definition) is 1. The third-order valence-corrected chi connectivity index (χ3v) is 4.67. The minimum atomic E-state index is -0.982. The highest BCUT2D eigenvalue weighted by atomic mass is 16.6. The highest BCUT2D eigenvalue weighted by Gasteiger charge is 2.38. The monoisotopic (exact) mass is 447 g/mol. The van der Waals surface area contributed by atoms with Crippen LogP contribution in [0.25, 0.3) is 0 Å². The molecule has 1 aromatic carbocycles. The molecular formula is C21H25N3O8. The van der Waals surface area contributed by atoms with Crippen LogP contribution in [0.5, 0.6) is 0 Å². The number of nitrogens with one attached hydrogen (secondary N) is 1. The Labute approximate surface area is 184 Å². The van der Waals surface area contributed by atoms with Gasteiger partial charge in [-0.3, -0.25) is 10.1 Å². The third-order valence-electron chi connectivity index (χ3n) is 4.67. The lowest BCUT2D eigenvalue weighted by Crippen LogP contribution is -2.35. The topological polar surface area (TPSA) is 137 Å². The first-order valence-corrected chi connectivity index (χ1v) is 9.87. The van der Waals surface area contributed by atoms with Crippen molar-refractivity contribution in [1.29, 1.82) is 0 Å². The number of alkyl carbamates (subject to hydrolysis) is 1. The molecule has 0 aromatic heterocycles. The summed E-state index contributed by atoms with van der Waals surface area (Å²) in [5, 5.41) is 13.6. The quantitative estimate of drug-likeness (QED) is 0.276. The summed E-state index contributed by atoms with van der Waals surface area (Å²) in [6.07, 6.45) is 0.699. The summed E-state index contributed by atoms with van der Waals surface area (Å²) in [4.78, 5) is 49.4. The summed E-state index contributed by atoms with van der Waals surface area (Å²) in [6.45, 7) is 4.71. The molecule has 0 fully saturated rings. The second kappa shape index (κ2) is 10.9. The average Bonchev–Trinajstić information content (AvgIpc) is 2.77. The number of carbonyl (C=O) groups excluding carboxylic acids is 3. The van der Waals surface area contributed by atoms with Gasteiger partial charge in [0.15, 0.2) is 6.73 Å². The van der Waals surface area contributed by atoms with Gasteiger partial charge in [-0.1, -0.05) is 12.1 Å². The Hall–Kier alpha value is -3.89. The fraction of sp³-hybridized carbons (Fsp3) is 0.381. The Morgan fingerprint density at radius 1 is 1.12 bits per heavy atom. The van der Waals surface area contributed by atoms with Crippen molar-refractivity contribution in [1.82, 2.24) is 10.2 Å². The van der Waals surface area contributed by atoms with E-state index in [4.69, 9.17) is 14.2 Å². The van der Waals surface area contributed by atoms with Crippen LogP contribution in [0, 0.1) is 10.1 Å². The van der Waals surface area contributed by atoms with Crippen molar-refractivity contribution in [3.8, 4) is 0 Å². The molecule has 0 radical (unpaired) electrons. The number of carbonyl (C=O) groups is 3. The molecule has 1 unspecified atom stereocenters. The molecule has 1 aromatic rings. The van der Waals surface area contributed by atoms with Gasteiger partial charge in [-0.2, -0.15) is 0 Å². The van der Waals surface area contributed by atoms with E-state index >= 15 is 0 Å². The molecule has 11 nitrogen and oxygen atoms in total. The highest BCUT2D eigenvalue weighted by molar-refractivity contribution is 5.99. The van der Waals surface area contributed by atoms with Crippen LogP contribution in [0.15, 0.2) is 47.3 Å². The number of hydrogen-bond acceptors (Lipinski definition) is 9. The summed E-state index contributed by atoms with van der Waals surface area (Å²) < 4.78 is 15.4. The largest absolute Gasteiger partial charge is 0.463 e. The maximum Gasteiger partial charge on any atom is 0.408 e. The molecule has 11 heteroatoms. The molecule has 1 N–H and O–H groups in total. The number of ether oxygens (including phenoxy) is 3. The van der Waals surface area contributed by atoms with Crippen molar-refractivity contribution in [3.63, 3.8) is 0 Å². The SMILES string of the molecule is CCOC(=O)C1=CN(COC(=O)NC)C(C)=C(C(=O)OCC)C1c1cccc([N+](=O)[O-])c1. The van der Waals surface area contributed by atoms with E-state index in [0.29, 0.717) is 11.3 Å². The van der Waals surface area contributed by atoms with Crippen LogP contribution < -0.4 is 5.32 Å². The lowest BCUT2D eigenvalue weighted by Gasteiger charge is -2.33. The smallest absolute Gasteiger partial charge is 0.408 e. The molecule has 172 valence electrons. The van der Waals surface area contributed by atoms with Gasteiger partial charge in [-0.25, -0.2) is 14.4 Å². The number of esters is 2. The summed E-state index contributed by atoms with van der Waals surface area (Å²) in [6, 6.07) is 5.65. The Kier molecular flexibility index (Phi) is 8.33. The number of allylic oxidation sites excluding steroid dienone is 1. The van der Waals surface area contributed by atoms with Gasteiger partial charge >= 0.3 is 18.0 Å². The number of amides is 1. The van der Waals surface area contributed by atoms with E-state index in [2.05, 4.69) is 5.32 Å². The zero-order valence-corrected chi connectivity index (χ0v) is 18.2. The predicted molar refractivity (Wildman–Crippen MR) is 112 cm³/mol. The predicted octanol–water partition coefficient (Wildman–Crippen LogP) is 2.59. The normalized spacial score (nSPS) is 15.6. The van der Waals surface area contributed by atoms with Crippen LogP contribution in [0.4, 0.5) is 10.5 Å². The van der Waals surface area contributed by atoms with E-state index in [0.717, 1.165) is 0 Å². The fourth-order valence-corrected chi connectivity index (χ4v) is 3.22. The van der Waals surface area contributed by atoms with Crippen LogP contribution in [0.1, 0.15) is 32.3 Å². The Bertz CT molecular complexity index is 970. The van der Waals surface area contributed by atoms with Gasteiger partial charge in [0, 0.05) is 31.1 Å². The van der Waals surface area contributed by atoms with Crippen molar-refractivity contribution in [2.24, 2.45) is 0 Å². The van der Waals surface area contributed by atoms with Crippen LogP contribution in [-0.4, -0.2) is 54.8 Å². The Balaban J connectivity index is 2.67. The molecule has 0 spiro atoms. The van der Waals surface area contributed by atoms with E-state index in [-0.39, 0.29) is 36.8 Å². The van der Waals surface area contributed by atoms with Gasteiger partial charge in [0.1, 0.15) is 0 Å². The standard InChI is InChI=1S/C21H25N3O8/c1-5-30-19(25)16-11-23(12-32-21(27)22-4)13(3)17(20(26)31-6-2)18(16)14-8-7-9-15(10-14)24(28)29/h7-11,18H,5-6,12H2,1-4H3,(H,22,27). The first-order chi connectivity index (χ1) is 15.2. The molecular weight excluding hydrogens is 422 g/mol. The zero-order chi connectivity index (χ0) is 23.8. The second-order valence-corrected chi connectivity index (χ2v) is 6.59. The Morgan fingerprint density at radius 2 is 1.78 bits per heavy atom. The summed E-state index contributed by atoms with van der Waals surface area (Å²) in [5.74, 6) is -2.41. The average molecular weight is 447 g/mol. The zero-order valence-electron chi connectivity index (χ0n) is 18.2. The third kappa shape index (κ3) is 5.42. The molecule has 1 heterocycles.